The van der Waals surface area contributed by atoms with Crippen LogP contribution in [-0.2, 0) is 0 Å². The molecule has 0 aliphatic carbocycles. The molecule has 2 aromatic rings. The van der Waals surface area contributed by atoms with Crippen molar-refractivity contribution in [3.63, 3.8) is 0 Å². The van der Waals surface area contributed by atoms with Crippen molar-refractivity contribution in [2.45, 2.75) is 6.92 Å². The number of anilines is 1. The fourth-order valence-electron chi connectivity index (χ4n) is 3.10. The first-order valence-corrected chi connectivity index (χ1v) is 9.04. The summed E-state index contributed by atoms with van der Waals surface area (Å²) >= 11 is 6.04. The molecule has 0 unspecified atom stereocenters. The van der Waals surface area contributed by atoms with Crippen molar-refractivity contribution in [1.82, 2.24) is 4.90 Å². The molecule has 1 fully saturated rings. The van der Waals surface area contributed by atoms with E-state index in [2.05, 4.69) is 21.9 Å². The first-order chi connectivity index (χ1) is 12.2. The van der Waals surface area contributed by atoms with Gasteiger partial charge in [0.05, 0.1) is 12.8 Å². The van der Waals surface area contributed by atoms with Crippen LogP contribution < -0.4 is 14.4 Å². The summed E-state index contributed by atoms with van der Waals surface area (Å²) in [5.74, 6) is 1.83. The van der Waals surface area contributed by atoms with Crippen LogP contribution in [0.5, 0.6) is 11.5 Å². The van der Waals surface area contributed by atoms with Crippen LogP contribution in [0.1, 0.15) is 5.56 Å². The van der Waals surface area contributed by atoms with Gasteiger partial charge in [-0.15, -0.1) is 0 Å². The molecule has 0 N–H and O–H groups in total. The van der Waals surface area contributed by atoms with Gasteiger partial charge in [-0.2, -0.15) is 0 Å². The standard InChI is InChI=1S/C20H25ClN2O2/c1-16-15-17(7-8-18(16)21)25-14-13-22-9-11-23(12-10-22)19-5-3-4-6-20(19)24-2/h3-8,15H,9-14H2,1-2H3. The third-order valence-electron chi connectivity index (χ3n) is 4.60. The molecule has 0 aromatic heterocycles. The molecule has 5 heteroatoms. The average Bonchev–Trinajstić information content (AvgIpc) is 2.65. The van der Waals surface area contributed by atoms with Crippen LogP contribution in [0.3, 0.4) is 0 Å². The molecular formula is C20H25ClN2O2. The van der Waals surface area contributed by atoms with Gasteiger partial charge < -0.3 is 14.4 Å². The Morgan fingerprint density at radius 3 is 2.52 bits per heavy atom. The van der Waals surface area contributed by atoms with Crippen molar-refractivity contribution in [2.24, 2.45) is 0 Å². The molecule has 0 amide bonds. The van der Waals surface area contributed by atoms with Crippen LogP contribution in [0.4, 0.5) is 5.69 Å². The maximum Gasteiger partial charge on any atom is 0.142 e. The molecule has 0 bridgehead atoms. The molecule has 1 aliphatic rings. The Bertz CT molecular complexity index is 700. The third kappa shape index (κ3) is 4.59. The second-order valence-corrected chi connectivity index (χ2v) is 6.67. The van der Waals surface area contributed by atoms with Gasteiger partial charge in [0.15, 0.2) is 0 Å². The minimum absolute atomic E-state index is 0.690. The summed E-state index contributed by atoms with van der Waals surface area (Å²) < 4.78 is 11.3. The van der Waals surface area contributed by atoms with Crippen molar-refractivity contribution in [2.75, 3.05) is 51.3 Å². The molecule has 25 heavy (non-hydrogen) atoms. The van der Waals surface area contributed by atoms with E-state index in [0.717, 1.165) is 54.8 Å². The summed E-state index contributed by atoms with van der Waals surface area (Å²) in [5, 5.41) is 0.778. The summed E-state index contributed by atoms with van der Waals surface area (Å²) in [6.07, 6.45) is 0. The van der Waals surface area contributed by atoms with E-state index in [4.69, 9.17) is 21.1 Å². The molecular weight excluding hydrogens is 336 g/mol. The first kappa shape index (κ1) is 17.9. The molecule has 134 valence electrons. The maximum absolute atomic E-state index is 6.04. The van der Waals surface area contributed by atoms with E-state index < -0.39 is 0 Å². The van der Waals surface area contributed by atoms with Crippen LogP contribution >= 0.6 is 11.6 Å². The number of aryl methyl sites for hydroxylation is 1. The summed E-state index contributed by atoms with van der Waals surface area (Å²) in [6, 6.07) is 14.0. The van der Waals surface area contributed by atoms with Crippen LogP contribution in [0, 0.1) is 6.92 Å². The largest absolute Gasteiger partial charge is 0.495 e. The van der Waals surface area contributed by atoms with Crippen molar-refractivity contribution in [1.29, 1.82) is 0 Å². The van der Waals surface area contributed by atoms with Gasteiger partial charge in [0.2, 0.25) is 0 Å². The Balaban J connectivity index is 1.45. The van der Waals surface area contributed by atoms with Gasteiger partial charge in [-0.05, 0) is 42.8 Å². The highest BCUT2D eigenvalue weighted by atomic mass is 35.5. The SMILES string of the molecule is COc1ccccc1N1CCN(CCOc2ccc(Cl)c(C)c2)CC1. The van der Waals surface area contributed by atoms with Gasteiger partial charge in [0, 0.05) is 37.7 Å². The number of para-hydroxylation sites is 2. The normalized spacial score (nSPS) is 15.2. The predicted octanol–water partition coefficient (Wildman–Crippen LogP) is 3.86. The summed E-state index contributed by atoms with van der Waals surface area (Å²) in [4.78, 5) is 4.83. The maximum atomic E-state index is 6.04. The molecule has 3 rings (SSSR count). The summed E-state index contributed by atoms with van der Waals surface area (Å²) in [5.41, 5.74) is 2.22. The number of ether oxygens (including phenoxy) is 2. The van der Waals surface area contributed by atoms with Crippen LogP contribution in [0.15, 0.2) is 42.5 Å². The van der Waals surface area contributed by atoms with Crippen molar-refractivity contribution >= 4 is 17.3 Å². The van der Waals surface area contributed by atoms with Crippen molar-refractivity contribution in [3.05, 3.63) is 53.1 Å². The van der Waals surface area contributed by atoms with Crippen molar-refractivity contribution in [3.8, 4) is 11.5 Å². The number of rotatable bonds is 6. The van der Waals surface area contributed by atoms with E-state index >= 15 is 0 Å². The highest BCUT2D eigenvalue weighted by molar-refractivity contribution is 6.31. The highest BCUT2D eigenvalue weighted by Crippen LogP contribution is 2.28. The molecule has 1 saturated heterocycles. The fourth-order valence-corrected chi connectivity index (χ4v) is 3.22. The summed E-state index contributed by atoms with van der Waals surface area (Å²) in [6.45, 7) is 7.67. The van der Waals surface area contributed by atoms with Crippen molar-refractivity contribution < 1.29 is 9.47 Å². The second-order valence-electron chi connectivity index (χ2n) is 6.26. The number of hydrogen-bond acceptors (Lipinski definition) is 4. The van der Waals surface area contributed by atoms with E-state index in [-0.39, 0.29) is 0 Å². The predicted molar refractivity (Wildman–Crippen MR) is 103 cm³/mol. The number of methoxy groups -OCH3 is 1. The zero-order valence-electron chi connectivity index (χ0n) is 14.9. The quantitative estimate of drug-likeness (QED) is 0.781. The Kier molecular flexibility index (Phi) is 6.05. The van der Waals surface area contributed by atoms with Crippen LogP contribution in [0.2, 0.25) is 5.02 Å². The number of piperazine rings is 1. The lowest BCUT2D eigenvalue weighted by Crippen LogP contribution is -2.47. The molecule has 0 spiro atoms. The van der Waals surface area contributed by atoms with Gasteiger partial charge in [-0.3, -0.25) is 4.90 Å². The molecule has 1 aliphatic heterocycles. The van der Waals surface area contributed by atoms with E-state index in [1.54, 1.807) is 7.11 Å². The van der Waals surface area contributed by atoms with Gasteiger partial charge in [-0.1, -0.05) is 23.7 Å². The van der Waals surface area contributed by atoms with Gasteiger partial charge >= 0.3 is 0 Å². The lowest BCUT2D eigenvalue weighted by Gasteiger charge is -2.36. The molecule has 2 aromatic carbocycles. The zero-order chi connectivity index (χ0) is 17.6. The molecule has 0 atom stereocenters. The first-order valence-electron chi connectivity index (χ1n) is 8.66. The number of hydrogen-bond donors (Lipinski definition) is 0. The number of nitrogens with zero attached hydrogens (tertiary/aromatic N) is 2. The third-order valence-corrected chi connectivity index (χ3v) is 5.03. The Hall–Kier alpha value is -1.91. The van der Waals surface area contributed by atoms with E-state index in [0.29, 0.717) is 6.61 Å². The second kappa shape index (κ2) is 8.45. The Morgan fingerprint density at radius 1 is 1.04 bits per heavy atom. The average molecular weight is 361 g/mol. The molecule has 1 heterocycles. The fraction of sp³-hybridized carbons (Fsp3) is 0.400. The van der Waals surface area contributed by atoms with Gasteiger partial charge in [0.25, 0.3) is 0 Å². The smallest absolute Gasteiger partial charge is 0.142 e. The number of benzene rings is 2. The Morgan fingerprint density at radius 2 is 1.80 bits per heavy atom. The topological polar surface area (TPSA) is 24.9 Å². The van der Waals surface area contributed by atoms with Crippen LogP contribution in [-0.4, -0.2) is 51.3 Å². The molecule has 0 saturated carbocycles. The minimum atomic E-state index is 0.690. The van der Waals surface area contributed by atoms with Crippen LogP contribution in [0.25, 0.3) is 0 Å². The van der Waals surface area contributed by atoms with E-state index in [9.17, 15) is 0 Å². The number of halogens is 1. The van der Waals surface area contributed by atoms with E-state index in [1.807, 2.05) is 37.3 Å². The molecule has 0 radical (unpaired) electrons. The van der Waals surface area contributed by atoms with Gasteiger partial charge in [0.1, 0.15) is 18.1 Å². The Labute approximate surface area is 154 Å². The monoisotopic (exact) mass is 360 g/mol. The summed E-state index contributed by atoms with van der Waals surface area (Å²) in [7, 11) is 1.73. The van der Waals surface area contributed by atoms with Gasteiger partial charge in [-0.25, -0.2) is 0 Å². The van der Waals surface area contributed by atoms with E-state index in [1.165, 1.54) is 5.69 Å². The lowest BCUT2D eigenvalue weighted by molar-refractivity contribution is 0.200. The minimum Gasteiger partial charge on any atom is -0.495 e. The zero-order valence-corrected chi connectivity index (χ0v) is 15.6. The lowest BCUT2D eigenvalue weighted by atomic mass is 10.2. The molecule has 4 nitrogen and oxygen atoms in total. The highest BCUT2D eigenvalue weighted by Gasteiger charge is 2.19.